The Morgan fingerprint density at radius 2 is 2.06 bits per heavy atom. The summed E-state index contributed by atoms with van der Waals surface area (Å²) in [6, 6.07) is 2.10. The first-order valence-corrected chi connectivity index (χ1v) is 6.76. The molecule has 0 aromatic carbocycles. The van der Waals surface area contributed by atoms with E-state index in [1.165, 1.54) is 5.56 Å². The maximum absolute atomic E-state index is 4.14. The molecule has 0 bridgehead atoms. The average Bonchev–Trinajstić information content (AvgIpc) is 2.22. The molecule has 0 aliphatic rings. The van der Waals surface area contributed by atoms with E-state index in [9.17, 15) is 0 Å². The van der Waals surface area contributed by atoms with Crippen LogP contribution in [0.15, 0.2) is 35.1 Å². The molecule has 1 aromatic heterocycles. The largest absolute Gasteiger partial charge is 0.312 e. The van der Waals surface area contributed by atoms with Crippen LogP contribution in [-0.4, -0.2) is 17.1 Å². The van der Waals surface area contributed by atoms with Gasteiger partial charge in [0.15, 0.2) is 0 Å². The summed E-state index contributed by atoms with van der Waals surface area (Å²) >= 11 is 3.42. The third kappa shape index (κ3) is 7.29. The lowest BCUT2D eigenvalue weighted by molar-refractivity contribution is 0.431. The van der Waals surface area contributed by atoms with Gasteiger partial charge in [-0.05, 0) is 67.7 Å². The van der Waals surface area contributed by atoms with Gasteiger partial charge in [0.2, 0.25) is 0 Å². The highest BCUT2D eigenvalue weighted by atomic mass is 79.9. The molecule has 0 atom stereocenters. The van der Waals surface area contributed by atoms with Gasteiger partial charge < -0.3 is 5.32 Å². The van der Waals surface area contributed by atoms with Crippen molar-refractivity contribution in [2.75, 3.05) is 6.54 Å². The summed E-state index contributed by atoms with van der Waals surface area (Å²) in [7, 11) is 0. The van der Waals surface area contributed by atoms with Crippen molar-refractivity contribution in [1.29, 1.82) is 0 Å². The molecule has 1 rings (SSSR count). The Kier molecular flexibility index (Phi) is 5.86. The topological polar surface area (TPSA) is 24.9 Å². The standard InChI is InChI=1S/C14H21BrN2/c1-14(2,3)17-8-6-4-5-7-12-9-13(15)11-16-10-12/h4-5,9-11,17H,6-8H2,1-3H3/b5-4+. The molecular formula is C14H21BrN2. The van der Waals surface area contributed by atoms with Crippen LogP contribution in [0.5, 0.6) is 0 Å². The van der Waals surface area contributed by atoms with Gasteiger partial charge >= 0.3 is 0 Å². The van der Waals surface area contributed by atoms with E-state index >= 15 is 0 Å². The van der Waals surface area contributed by atoms with E-state index in [1.54, 1.807) is 6.20 Å². The molecular weight excluding hydrogens is 276 g/mol. The normalized spacial score (nSPS) is 12.2. The highest BCUT2D eigenvalue weighted by Gasteiger charge is 2.06. The summed E-state index contributed by atoms with van der Waals surface area (Å²) in [5, 5.41) is 3.46. The molecule has 0 amide bonds. The van der Waals surface area contributed by atoms with E-state index in [0.29, 0.717) is 0 Å². The summed E-state index contributed by atoms with van der Waals surface area (Å²) < 4.78 is 1.04. The van der Waals surface area contributed by atoms with Crippen molar-refractivity contribution in [1.82, 2.24) is 10.3 Å². The first-order chi connectivity index (χ1) is 7.97. The lowest BCUT2D eigenvalue weighted by Gasteiger charge is -2.19. The Morgan fingerprint density at radius 1 is 1.29 bits per heavy atom. The van der Waals surface area contributed by atoms with Crippen molar-refractivity contribution in [3.63, 3.8) is 0 Å². The number of hydrogen-bond donors (Lipinski definition) is 1. The highest BCUT2D eigenvalue weighted by Crippen LogP contribution is 2.10. The van der Waals surface area contributed by atoms with Crippen LogP contribution in [0.2, 0.25) is 0 Å². The minimum atomic E-state index is 0.210. The van der Waals surface area contributed by atoms with Gasteiger partial charge in [0, 0.05) is 22.4 Å². The Balaban J connectivity index is 2.22. The predicted molar refractivity (Wildman–Crippen MR) is 77.2 cm³/mol. The fourth-order valence-electron chi connectivity index (χ4n) is 1.44. The van der Waals surface area contributed by atoms with Crippen molar-refractivity contribution in [2.24, 2.45) is 0 Å². The number of hydrogen-bond acceptors (Lipinski definition) is 2. The van der Waals surface area contributed by atoms with Crippen molar-refractivity contribution in [2.45, 2.75) is 39.2 Å². The van der Waals surface area contributed by atoms with Crippen LogP contribution in [0.25, 0.3) is 0 Å². The van der Waals surface area contributed by atoms with Crippen LogP contribution in [0, 0.1) is 0 Å². The number of rotatable bonds is 5. The van der Waals surface area contributed by atoms with Gasteiger partial charge in [-0.1, -0.05) is 12.2 Å². The second kappa shape index (κ2) is 6.92. The molecule has 0 saturated carbocycles. The molecule has 1 heterocycles. The summed E-state index contributed by atoms with van der Waals surface area (Å²) in [5.74, 6) is 0. The number of allylic oxidation sites excluding steroid dienone is 1. The summed E-state index contributed by atoms with van der Waals surface area (Å²) in [6.07, 6.45) is 10.1. The fraction of sp³-hybridized carbons (Fsp3) is 0.500. The predicted octanol–water partition coefficient (Wildman–Crippen LogP) is 3.72. The maximum atomic E-state index is 4.14. The zero-order valence-corrected chi connectivity index (χ0v) is 12.4. The van der Waals surface area contributed by atoms with Crippen LogP contribution < -0.4 is 5.32 Å². The van der Waals surface area contributed by atoms with E-state index < -0.39 is 0 Å². The second-order valence-corrected chi connectivity index (χ2v) is 6.07. The lowest BCUT2D eigenvalue weighted by atomic mass is 10.1. The zero-order valence-electron chi connectivity index (χ0n) is 10.8. The van der Waals surface area contributed by atoms with Crippen molar-refractivity contribution >= 4 is 15.9 Å². The first kappa shape index (κ1) is 14.4. The fourth-order valence-corrected chi connectivity index (χ4v) is 1.85. The molecule has 3 heteroatoms. The summed E-state index contributed by atoms with van der Waals surface area (Å²) in [5.41, 5.74) is 1.45. The monoisotopic (exact) mass is 296 g/mol. The minimum Gasteiger partial charge on any atom is -0.312 e. The van der Waals surface area contributed by atoms with Gasteiger partial charge in [-0.15, -0.1) is 0 Å². The smallest absolute Gasteiger partial charge is 0.0410 e. The molecule has 0 unspecified atom stereocenters. The Labute approximate surface area is 113 Å². The highest BCUT2D eigenvalue weighted by molar-refractivity contribution is 9.10. The lowest BCUT2D eigenvalue weighted by Crippen LogP contribution is -2.36. The number of nitrogens with zero attached hydrogens (tertiary/aromatic N) is 1. The van der Waals surface area contributed by atoms with Crippen molar-refractivity contribution < 1.29 is 0 Å². The Hall–Kier alpha value is -0.670. The molecule has 94 valence electrons. The molecule has 2 nitrogen and oxygen atoms in total. The molecule has 0 spiro atoms. The van der Waals surface area contributed by atoms with Gasteiger partial charge in [0.25, 0.3) is 0 Å². The number of pyridine rings is 1. The Bertz CT molecular complexity index is 367. The van der Waals surface area contributed by atoms with Gasteiger partial charge in [0.05, 0.1) is 0 Å². The van der Waals surface area contributed by atoms with E-state index in [-0.39, 0.29) is 5.54 Å². The third-order valence-electron chi connectivity index (χ3n) is 2.25. The summed E-state index contributed by atoms with van der Waals surface area (Å²) in [4.78, 5) is 4.14. The zero-order chi connectivity index (χ0) is 12.7. The molecule has 0 fully saturated rings. The molecule has 0 aliphatic heterocycles. The third-order valence-corrected chi connectivity index (χ3v) is 2.68. The maximum Gasteiger partial charge on any atom is 0.0410 e. The SMILES string of the molecule is CC(C)(C)NCC/C=C/Cc1cncc(Br)c1. The number of halogens is 1. The molecule has 1 N–H and O–H groups in total. The van der Waals surface area contributed by atoms with Crippen LogP contribution in [0.4, 0.5) is 0 Å². The van der Waals surface area contributed by atoms with Gasteiger partial charge in [-0.25, -0.2) is 0 Å². The van der Waals surface area contributed by atoms with Crippen LogP contribution in [0.1, 0.15) is 32.8 Å². The van der Waals surface area contributed by atoms with E-state index in [1.807, 2.05) is 6.20 Å². The van der Waals surface area contributed by atoms with Crippen molar-refractivity contribution in [3.8, 4) is 0 Å². The van der Waals surface area contributed by atoms with Crippen LogP contribution in [0.3, 0.4) is 0 Å². The second-order valence-electron chi connectivity index (χ2n) is 5.15. The average molecular weight is 297 g/mol. The molecule has 0 radical (unpaired) electrons. The molecule has 0 aliphatic carbocycles. The van der Waals surface area contributed by atoms with E-state index in [0.717, 1.165) is 23.9 Å². The summed E-state index contributed by atoms with van der Waals surface area (Å²) in [6.45, 7) is 7.58. The molecule has 17 heavy (non-hydrogen) atoms. The number of aromatic nitrogens is 1. The molecule has 1 aromatic rings. The Morgan fingerprint density at radius 3 is 2.71 bits per heavy atom. The first-order valence-electron chi connectivity index (χ1n) is 5.97. The van der Waals surface area contributed by atoms with Gasteiger partial charge in [-0.3, -0.25) is 4.98 Å². The minimum absolute atomic E-state index is 0.210. The van der Waals surface area contributed by atoms with Gasteiger partial charge in [-0.2, -0.15) is 0 Å². The number of nitrogens with one attached hydrogen (secondary N) is 1. The van der Waals surface area contributed by atoms with Crippen LogP contribution in [-0.2, 0) is 6.42 Å². The quantitative estimate of drug-likeness (QED) is 0.662. The van der Waals surface area contributed by atoms with E-state index in [4.69, 9.17) is 0 Å². The molecule has 0 saturated heterocycles. The van der Waals surface area contributed by atoms with Crippen molar-refractivity contribution in [3.05, 3.63) is 40.6 Å². The van der Waals surface area contributed by atoms with E-state index in [2.05, 4.69) is 65.2 Å². The van der Waals surface area contributed by atoms with Gasteiger partial charge in [0.1, 0.15) is 0 Å². The van der Waals surface area contributed by atoms with Crippen LogP contribution >= 0.6 is 15.9 Å².